The molecule has 17 heavy (non-hydrogen) atoms. The van der Waals surface area contributed by atoms with Crippen molar-refractivity contribution >= 4 is 6.09 Å². The Hall–Kier alpha value is -0.810. The second-order valence-electron chi connectivity index (χ2n) is 5.29. The number of ether oxygens (including phenoxy) is 1. The monoisotopic (exact) mass is 247 g/mol. The Morgan fingerprint density at radius 3 is 2.41 bits per heavy atom. The lowest BCUT2D eigenvalue weighted by molar-refractivity contribution is 0.0480. The Labute approximate surface area is 103 Å². The van der Waals surface area contributed by atoms with Crippen molar-refractivity contribution in [2.75, 3.05) is 6.61 Å². The molecule has 0 aliphatic heterocycles. The number of aliphatic hydroxyl groups excluding tert-OH is 2. The van der Waals surface area contributed by atoms with Gasteiger partial charge < -0.3 is 20.3 Å². The van der Waals surface area contributed by atoms with Gasteiger partial charge in [0, 0.05) is 12.6 Å². The van der Waals surface area contributed by atoms with Gasteiger partial charge in [0.1, 0.15) is 5.60 Å². The highest BCUT2D eigenvalue weighted by atomic mass is 16.6. The molecule has 0 aliphatic carbocycles. The van der Waals surface area contributed by atoms with Crippen molar-refractivity contribution in [3.63, 3.8) is 0 Å². The molecule has 3 N–H and O–H groups in total. The van der Waals surface area contributed by atoms with Crippen molar-refractivity contribution in [2.24, 2.45) is 0 Å². The maximum absolute atomic E-state index is 11.5. The number of carbonyl (C=O) groups is 1. The van der Waals surface area contributed by atoms with Crippen LogP contribution in [0, 0.1) is 0 Å². The highest BCUT2D eigenvalue weighted by Gasteiger charge is 2.20. The maximum atomic E-state index is 11.5. The molecule has 2 unspecified atom stereocenters. The molecule has 2 atom stereocenters. The van der Waals surface area contributed by atoms with Crippen LogP contribution in [0.15, 0.2) is 0 Å². The van der Waals surface area contributed by atoms with Crippen LogP contribution in [0.5, 0.6) is 0 Å². The number of nitrogens with one attached hydrogen (secondary N) is 1. The predicted molar refractivity (Wildman–Crippen MR) is 65.8 cm³/mol. The Morgan fingerprint density at radius 2 is 2.00 bits per heavy atom. The van der Waals surface area contributed by atoms with E-state index in [-0.39, 0.29) is 12.6 Å². The third kappa shape index (κ3) is 10.1. The van der Waals surface area contributed by atoms with E-state index < -0.39 is 17.8 Å². The Balaban J connectivity index is 4.17. The third-order valence-electron chi connectivity index (χ3n) is 2.06. The molecule has 0 aromatic carbocycles. The Kier molecular flexibility index (Phi) is 7.15. The molecule has 0 radical (unpaired) electrons. The summed E-state index contributed by atoms with van der Waals surface area (Å²) in [5.74, 6) is 0. The first-order valence-electron chi connectivity index (χ1n) is 6.03. The van der Waals surface area contributed by atoms with Gasteiger partial charge in [-0.3, -0.25) is 0 Å². The highest BCUT2D eigenvalue weighted by Crippen LogP contribution is 2.09. The maximum Gasteiger partial charge on any atom is 0.407 e. The molecule has 1 amide bonds. The smallest absolute Gasteiger partial charge is 0.407 e. The van der Waals surface area contributed by atoms with Crippen LogP contribution in [0.4, 0.5) is 4.79 Å². The number of alkyl carbamates (subject to hydrolysis) is 1. The zero-order valence-electron chi connectivity index (χ0n) is 11.2. The van der Waals surface area contributed by atoms with Crippen LogP contribution in [0.3, 0.4) is 0 Å². The van der Waals surface area contributed by atoms with Gasteiger partial charge in [-0.15, -0.1) is 0 Å². The molecular formula is C12H25NO4. The lowest BCUT2D eigenvalue weighted by Crippen LogP contribution is -2.40. The molecule has 0 bridgehead atoms. The van der Waals surface area contributed by atoms with Crippen LogP contribution in [-0.2, 0) is 4.74 Å². The molecule has 0 aromatic rings. The minimum atomic E-state index is -0.531. The van der Waals surface area contributed by atoms with E-state index in [0.29, 0.717) is 19.3 Å². The largest absolute Gasteiger partial charge is 0.444 e. The van der Waals surface area contributed by atoms with E-state index in [2.05, 4.69) is 5.32 Å². The van der Waals surface area contributed by atoms with Crippen molar-refractivity contribution in [1.82, 2.24) is 5.32 Å². The average Bonchev–Trinajstić information content (AvgIpc) is 2.09. The van der Waals surface area contributed by atoms with Crippen molar-refractivity contribution in [1.29, 1.82) is 0 Å². The lowest BCUT2D eigenvalue weighted by Gasteiger charge is -2.24. The number of carbonyl (C=O) groups excluding carboxylic acids is 1. The van der Waals surface area contributed by atoms with Gasteiger partial charge in [-0.05, 0) is 47.0 Å². The van der Waals surface area contributed by atoms with Crippen molar-refractivity contribution in [3.05, 3.63) is 0 Å². The molecule has 0 saturated heterocycles. The van der Waals surface area contributed by atoms with Crippen LogP contribution < -0.4 is 5.32 Å². The van der Waals surface area contributed by atoms with Crippen molar-refractivity contribution in [3.8, 4) is 0 Å². The minimum Gasteiger partial charge on any atom is -0.444 e. The topological polar surface area (TPSA) is 78.8 Å². The molecule has 0 fully saturated rings. The fraction of sp³-hybridized carbons (Fsp3) is 0.917. The number of amides is 1. The van der Waals surface area contributed by atoms with E-state index in [4.69, 9.17) is 9.84 Å². The summed E-state index contributed by atoms with van der Waals surface area (Å²) in [5.41, 5.74) is -0.531. The average molecular weight is 247 g/mol. The van der Waals surface area contributed by atoms with Crippen LogP contribution >= 0.6 is 0 Å². The molecule has 0 aliphatic rings. The zero-order chi connectivity index (χ0) is 13.5. The summed E-state index contributed by atoms with van der Waals surface area (Å²) in [6.07, 6.45) is 0.697. The summed E-state index contributed by atoms with van der Waals surface area (Å²) in [6, 6.07) is -0.169. The number of hydrogen-bond donors (Lipinski definition) is 3. The fourth-order valence-corrected chi connectivity index (χ4v) is 1.47. The van der Waals surface area contributed by atoms with Crippen LogP contribution in [0.1, 0.15) is 47.0 Å². The first-order chi connectivity index (χ1) is 7.74. The molecular weight excluding hydrogens is 222 g/mol. The summed E-state index contributed by atoms with van der Waals surface area (Å²) in [6.45, 7) is 7.13. The Morgan fingerprint density at radius 1 is 1.41 bits per heavy atom. The van der Waals surface area contributed by atoms with E-state index in [1.165, 1.54) is 0 Å². The van der Waals surface area contributed by atoms with Gasteiger partial charge in [0.2, 0.25) is 0 Å². The second kappa shape index (κ2) is 7.50. The fourth-order valence-electron chi connectivity index (χ4n) is 1.47. The SMILES string of the molecule is CC(O)CC(CCCO)NC(=O)OC(C)(C)C. The van der Waals surface area contributed by atoms with Crippen LogP contribution in [-0.4, -0.2) is 40.7 Å². The standard InChI is InChI=1S/C12H25NO4/c1-9(15)8-10(6-5-7-14)13-11(16)17-12(2,3)4/h9-10,14-15H,5-8H2,1-4H3,(H,13,16). The molecule has 0 spiro atoms. The first kappa shape index (κ1) is 16.2. The Bertz CT molecular complexity index is 223. The zero-order valence-corrected chi connectivity index (χ0v) is 11.2. The first-order valence-corrected chi connectivity index (χ1v) is 6.03. The number of aliphatic hydroxyl groups is 2. The minimum absolute atomic E-state index is 0.0757. The lowest BCUT2D eigenvalue weighted by atomic mass is 10.1. The summed E-state index contributed by atoms with van der Waals surface area (Å²) in [4.78, 5) is 11.5. The predicted octanol–water partition coefficient (Wildman–Crippen LogP) is 1.42. The summed E-state index contributed by atoms with van der Waals surface area (Å²) in [7, 11) is 0. The number of rotatable bonds is 6. The van der Waals surface area contributed by atoms with Crippen LogP contribution in [0.25, 0.3) is 0 Å². The van der Waals surface area contributed by atoms with Gasteiger partial charge in [-0.1, -0.05) is 0 Å². The summed E-state index contributed by atoms with van der Waals surface area (Å²) >= 11 is 0. The highest BCUT2D eigenvalue weighted by molar-refractivity contribution is 5.68. The summed E-state index contributed by atoms with van der Waals surface area (Å²) < 4.78 is 5.14. The van der Waals surface area contributed by atoms with Crippen LogP contribution in [0.2, 0.25) is 0 Å². The third-order valence-corrected chi connectivity index (χ3v) is 2.06. The molecule has 5 nitrogen and oxygen atoms in total. The van der Waals surface area contributed by atoms with Gasteiger partial charge in [0.05, 0.1) is 6.10 Å². The van der Waals surface area contributed by atoms with E-state index in [1.54, 1.807) is 27.7 Å². The van der Waals surface area contributed by atoms with Gasteiger partial charge in [-0.2, -0.15) is 0 Å². The van der Waals surface area contributed by atoms with E-state index in [1.807, 2.05) is 0 Å². The van der Waals surface area contributed by atoms with E-state index >= 15 is 0 Å². The molecule has 0 aromatic heterocycles. The normalized spacial score (nSPS) is 15.2. The molecule has 5 heteroatoms. The van der Waals surface area contributed by atoms with E-state index in [0.717, 1.165) is 0 Å². The second-order valence-corrected chi connectivity index (χ2v) is 5.29. The summed E-state index contributed by atoms with van der Waals surface area (Å²) in [5, 5.41) is 20.8. The quantitative estimate of drug-likeness (QED) is 0.663. The molecule has 102 valence electrons. The van der Waals surface area contributed by atoms with Crippen molar-refractivity contribution < 1.29 is 19.7 Å². The van der Waals surface area contributed by atoms with Gasteiger partial charge in [0.15, 0.2) is 0 Å². The number of hydrogen-bond acceptors (Lipinski definition) is 4. The van der Waals surface area contributed by atoms with Crippen molar-refractivity contribution in [2.45, 2.75) is 64.7 Å². The van der Waals surface area contributed by atoms with Gasteiger partial charge in [-0.25, -0.2) is 4.79 Å². The molecule has 0 saturated carbocycles. The molecule has 0 rings (SSSR count). The molecule has 0 heterocycles. The van der Waals surface area contributed by atoms with E-state index in [9.17, 15) is 9.90 Å². The van der Waals surface area contributed by atoms with Gasteiger partial charge >= 0.3 is 6.09 Å². The van der Waals surface area contributed by atoms with Gasteiger partial charge in [0.25, 0.3) is 0 Å².